The van der Waals surface area contributed by atoms with Gasteiger partial charge >= 0.3 is 0 Å². The second-order valence-electron chi connectivity index (χ2n) is 5.66. The molecule has 3 rings (SSSR count). The normalized spacial score (nSPS) is 14.1. The van der Waals surface area contributed by atoms with Crippen molar-refractivity contribution < 1.29 is 18.3 Å². The highest BCUT2D eigenvalue weighted by atomic mass is 79.9. The molecule has 0 bridgehead atoms. The van der Waals surface area contributed by atoms with Crippen molar-refractivity contribution in [3.05, 3.63) is 52.5 Å². The van der Waals surface area contributed by atoms with E-state index in [0.29, 0.717) is 10.2 Å². The van der Waals surface area contributed by atoms with Crippen molar-refractivity contribution in [3.63, 3.8) is 0 Å². The lowest BCUT2D eigenvalue weighted by molar-refractivity contribution is 0.0960. The second kappa shape index (κ2) is 7.03. The number of rotatable bonds is 6. The van der Waals surface area contributed by atoms with Crippen LogP contribution in [-0.2, 0) is 10.0 Å². The number of phenols is 1. The smallest absolute Gasteiger partial charge is 0.273 e. The standard InChI is InChI=1S/C16H16BrN3O4S/c17-10-1-8-15(21)14(9-10)16(22)19-18-11-4-6-13(7-5-11)25(23,24)20-12-2-3-12/h1,4-9,12,18,20-21H,2-3H2,(H,19,22). The first-order valence-electron chi connectivity index (χ1n) is 7.52. The topological polar surface area (TPSA) is 108 Å². The van der Waals surface area contributed by atoms with E-state index in [1.54, 1.807) is 18.2 Å². The molecule has 25 heavy (non-hydrogen) atoms. The van der Waals surface area contributed by atoms with Gasteiger partial charge in [0.2, 0.25) is 10.0 Å². The van der Waals surface area contributed by atoms with Gasteiger partial charge in [0.25, 0.3) is 5.91 Å². The van der Waals surface area contributed by atoms with Gasteiger partial charge < -0.3 is 5.11 Å². The van der Waals surface area contributed by atoms with Crippen molar-refractivity contribution in [1.82, 2.24) is 10.1 Å². The van der Waals surface area contributed by atoms with Crippen LogP contribution in [0.5, 0.6) is 5.75 Å². The van der Waals surface area contributed by atoms with Gasteiger partial charge in [0.05, 0.1) is 16.1 Å². The van der Waals surface area contributed by atoms with Crippen LogP contribution in [-0.4, -0.2) is 25.5 Å². The third kappa shape index (κ3) is 4.50. The first-order valence-corrected chi connectivity index (χ1v) is 9.80. The van der Waals surface area contributed by atoms with E-state index in [9.17, 15) is 18.3 Å². The summed E-state index contributed by atoms with van der Waals surface area (Å²) in [5.74, 6) is -0.666. The van der Waals surface area contributed by atoms with Crippen molar-refractivity contribution in [2.75, 3.05) is 5.43 Å². The zero-order valence-electron chi connectivity index (χ0n) is 13.0. The number of nitrogens with one attached hydrogen (secondary N) is 3. The van der Waals surface area contributed by atoms with Crippen LogP contribution in [0, 0.1) is 0 Å². The molecule has 0 atom stereocenters. The Morgan fingerprint density at radius 1 is 1.12 bits per heavy atom. The van der Waals surface area contributed by atoms with Crippen LogP contribution < -0.4 is 15.6 Å². The van der Waals surface area contributed by atoms with Gasteiger partial charge in [-0.2, -0.15) is 0 Å². The van der Waals surface area contributed by atoms with E-state index in [0.717, 1.165) is 12.8 Å². The van der Waals surface area contributed by atoms with Gasteiger partial charge in [-0.25, -0.2) is 13.1 Å². The number of hydrogen-bond acceptors (Lipinski definition) is 5. The Hall–Kier alpha value is -2.10. The lowest BCUT2D eigenvalue weighted by atomic mass is 10.2. The largest absolute Gasteiger partial charge is 0.507 e. The third-order valence-corrected chi connectivity index (χ3v) is 5.62. The number of carbonyl (C=O) groups is 1. The Balaban J connectivity index is 1.63. The van der Waals surface area contributed by atoms with Crippen molar-refractivity contribution in [2.24, 2.45) is 0 Å². The quantitative estimate of drug-likeness (QED) is 0.531. The minimum Gasteiger partial charge on any atom is -0.507 e. The Morgan fingerprint density at radius 3 is 2.44 bits per heavy atom. The fourth-order valence-corrected chi connectivity index (χ4v) is 3.76. The summed E-state index contributed by atoms with van der Waals surface area (Å²) < 4.78 is 27.4. The first kappa shape index (κ1) is 17.7. The van der Waals surface area contributed by atoms with Crippen LogP contribution in [0.15, 0.2) is 51.8 Å². The van der Waals surface area contributed by atoms with Crippen molar-refractivity contribution >= 4 is 37.5 Å². The number of anilines is 1. The molecule has 0 aromatic heterocycles. The number of carbonyl (C=O) groups excluding carboxylic acids is 1. The molecule has 1 amide bonds. The van der Waals surface area contributed by atoms with Crippen molar-refractivity contribution in [2.45, 2.75) is 23.8 Å². The molecule has 0 unspecified atom stereocenters. The van der Waals surface area contributed by atoms with Gasteiger partial charge in [0, 0.05) is 10.5 Å². The molecule has 0 radical (unpaired) electrons. The van der Waals surface area contributed by atoms with Crippen LogP contribution in [0.1, 0.15) is 23.2 Å². The van der Waals surface area contributed by atoms with Crippen molar-refractivity contribution in [3.8, 4) is 5.75 Å². The summed E-state index contributed by atoms with van der Waals surface area (Å²) in [7, 11) is -3.50. The molecule has 0 heterocycles. The van der Waals surface area contributed by atoms with E-state index in [-0.39, 0.29) is 22.3 Å². The van der Waals surface area contributed by atoms with E-state index >= 15 is 0 Å². The minimum absolute atomic E-state index is 0.0416. The summed E-state index contributed by atoms with van der Waals surface area (Å²) in [6.45, 7) is 0. The highest BCUT2D eigenvalue weighted by Crippen LogP contribution is 2.23. The molecule has 2 aromatic rings. The van der Waals surface area contributed by atoms with Gasteiger partial charge in [-0.05, 0) is 55.3 Å². The van der Waals surface area contributed by atoms with Crippen molar-refractivity contribution in [1.29, 1.82) is 0 Å². The zero-order chi connectivity index (χ0) is 18.0. The second-order valence-corrected chi connectivity index (χ2v) is 8.29. The molecular formula is C16H16BrN3O4S. The molecule has 1 saturated carbocycles. The molecule has 132 valence electrons. The zero-order valence-corrected chi connectivity index (χ0v) is 15.4. The molecule has 2 aromatic carbocycles. The Labute approximate surface area is 153 Å². The molecule has 4 N–H and O–H groups in total. The van der Waals surface area contributed by atoms with Crippen LogP contribution in [0.3, 0.4) is 0 Å². The lowest BCUT2D eigenvalue weighted by Gasteiger charge is -2.11. The molecule has 7 nitrogen and oxygen atoms in total. The maximum Gasteiger partial charge on any atom is 0.273 e. The van der Waals surface area contributed by atoms with E-state index in [4.69, 9.17) is 0 Å². The first-order chi connectivity index (χ1) is 11.8. The van der Waals surface area contributed by atoms with Gasteiger partial charge in [0.15, 0.2) is 0 Å². The average molecular weight is 426 g/mol. The predicted octanol–water partition coefficient (Wildman–Crippen LogP) is 2.35. The van der Waals surface area contributed by atoms with Crippen LogP contribution >= 0.6 is 15.9 Å². The number of hydrogen-bond donors (Lipinski definition) is 4. The molecule has 9 heteroatoms. The Bertz CT molecular complexity index is 896. The number of sulfonamides is 1. The predicted molar refractivity (Wildman–Crippen MR) is 96.7 cm³/mol. The number of hydrazine groups is 1. The highest BCUT2D eigenvalue weighted by molar-refractivity contribution is 9.10. The monoisotopic (exact) mass is 425 g/mol. The van der Waals surface area contributed by atoms with E-state index in [1.165, 1.54) is 24.3 Å². The number of amides is 1. The summed E-state index contributed by atoms with van der Waals surface area (Å²) in [5.41, 5.74) is 5.74. The third-order valence-electron chi connectivity index (χ3n) is 3.59. The molecule has 0 saturated heterocycles. The van der Waals surface area contributed by atoms with E-state index < -0.39 is 15.9 Å². The number of halogens is 1. The summed E-state index contributed by atoms with van der Waals surface area (Å²) in [4.78, 5) is 12.3. The van der Waals surface area contributed by atoms with Gasteiger partial charge in [-0.3, -0.25) is 15.6 Å². The molecule has 1 aliphatic carbocycles. The fourth-order valence-electron chi connectivity index (χ4n) is 2.09. The molecule has 1 fully saturated rings. The van der Waals surface area contributed by atoms with Crippen LogP contribution in [0.4, 0.5) is 5.69 Å². The number of phenolic OH excluding ortho intramolecular Hbond substituents is 1. The molecule has 1 aliphatic rings. The fraction of sp³-hybridized carbons (Fsp3) is 0.188. The van der Waals surface area contributed by atoms with E-state index in [2.05, 4.69) is 31.5 Å². The summed E-state index contributed by atoms with van der Waals surface area (Å²) in [6, 6.07) is 10.6. The highest BCUT2D eigenvalue weighted by Gasteiger charge is 2.27. The molecule has 0 aliphatic heterocycles. The number of benzene rings is 2. The average Bonchev–Trinajstić information content (AvgIpc) is 3.38. The Kier molecular flexibility index (Phi) is 4.98. The number of aromatic hydroxyl groups is 1. The SMILES string of the molecule is O=C(NNc1ccc(S(=O)(=O)NC2CC2)cc1)c1cc(Br)ccc1O. The Morgan fingerprint density at radius 2 is 1.80 bits per heavy atom. The van der Waals surface area contributed by atoms with Gasteiger partial charge in [-0.15, -0.1) is 0 Å². The summed E-state index contributed by atoms with van der Waals surface area (Å²) in [6.07, 6.45) is 1.74. The lowest BCUT2D eigenvalue weighted by Crippen LogP contribution is -2.29. The maximum absolute atomic E-state index is 12.1. The molecular weight excluding hydrogens is 410 g/mol. The molecule has 0 spiro atoms. The minimum atomic E-state index is -3.50. The summed E-state index contributed by atoms with van der Waals surface area (Å²) in [5, 5.41) is 9.72. The van der Waals surface area contributed by atoms with Crippen LogP contribution in [0.2, 0.25) is 0 Å². The van der Waals surface area contributed by atoms with Crippen LogP contribution in [0.25, 0.3) is 0 Å². The summed E-state index contributed by atoms with van der Waals surface area (Å²) >= 11 is 3.23. The van der Waals surface area contributed by atoms with E-state index in [1.807, 2.05) is 0 Å². The van der Waals surface area contributed by atoms with Gasteiger partial charge in [-0.1, -0.05) is 15.9 Å². The maximum atomic E-state index is 12.1. The van der Waals surface area contributed by atoms with Gasteiger partial charge in [0.1, 0.15) is 5.75 Å².